The van der Waals surface area contributed by atoms with Crippen LogP contribution in [-0.4, -0.2) is 28.9 Å². The number of hydrogen-bond acceptors (Lipinski definition) is 4. The second-order valence-electron chi connectivity index (χ2n) is 6.50. The molecule has 134 valence electrons. The zero-order valence-electron chi connectivity index (χ0n) is 14.8. The third kappa shape index (κ3) is 4.60. The Morgan fingerprint density at radius 2 is 1.92 bits per heavy atom. The number of hydrogen-bond donors (Lipinski definition) is 0. The summed E-state index contributed by atoms with van der Waals surface area (Å²) in [6.07, 6.45) is 8.20. The van der Waals surface area contributed by atoms with Gasteiger partial charge in [-0.3, -0.25) is 9.78 Å². The molecule has 1 aromatic carbocycles. The minimum Gasteiger partial charge on any atom is -0.484 e. The highest BCUT2D eigenvalue weighted by Gasteiger charge is 2.26. The molecule has 0 spiro atoms. The lowest BCUT2D eigenvalue weighted by Gasteiger charge is -2.30. The van der Waals surface area contributed by atoms with Gasteiger partial charge < -0.3 is 9.64 Å². The van der Waals surface area contributed by atoms with Crippen LogP contribution in [-0.2, 0) is 11.2 Å². The van der Waals surface area contributed by atoms with Crippen LogP contribution in [0.15, 0.2) is 48.8 Å². The summed E-state index contributed by atoms with van der Waals surface area (Å²) in [5.74, 6) is 0.658. The standard InChI is InChI=1S/C21H23N3O2/c22-12-9-17-5-7-19(8-6-17)26-16-21(25)24-15-3-1-2-4-20(24)18-10-13-23-14-11-18/h5-8,10-11,13-14,20H,1-4,9,15-16H2/t20-/m0/s1. The van der Waals surface area contributed by atoms with E-state index in [2.05, 4.69) is 11.1 Å². The summed E-state index contributed by atoms with van der Waals surface area (Å²) in [4.78, 5) is 18.9. The van der Waals surface area contributed by atoms with Crippen LogP contribution in [0.3, 0.4) is 0 Å². The quantitative estimate of drug-likeness (QED) is 0.826. The van der Waals surface area contributed by atoms with Crippen LogP contribution in [0.1, 0.15) is 42.9 Å². The van der Waals surface area contributed by atoms with E-state index in [0.717, 1.165) is 43.4 Å². The van der Waals surface area contributed by atoms with E-state index in [1.165, 1.54) is 0 Å². The summed E-state index contributed by atoms with van der Waals surface area (Å²) in [5, 5.41) is 8.72. The van der Waals surface area contributed by atoms with E-state index >= 15 is 0 Å². The Morgan fingerprint density at radius 3 is 2.65 bits per heavy atom. The van der Waals surface area contributed by atoms with Crippen LogP contribution in [0.5, 0.6) is 5.75 Å². The maximum absolute atomic E-state index is 12.8. The number of benzene rings is 1. The molecule has 0 bridgehead atoms. The van der Waals surface area contributed by atoms with E-state index in [1.807, 2.05) is 41.3 Å². The van der Waals surface area contributed by atoms with Gasteiger partial charge in [0.25, 0.3) is 5.91 Å². The van der Waals surface area contributed by atoms with Gasteiger partial charge in [0.05, 0.1) is 18.5 Å². The number of aromatic nitrogens is 1. The fourth-order valence-corrected chi connectivity index (χ4v) is 3.36. The molecule has 1 aliphatic heterocycles. The summed E-state index contributed by atoms with van der Waals surface area (Å²) >= 11 is 0. The van der Waals surface area contributed by atoms with E-state index < -0.39 is 0 Å². The molecule has 26 heavy (non-hydrogen) atoms. The highest BCUT2D eigenvalue weighted by atomic mass is 16.5. The first-order valence-corrected chi connectivity index (χ1v) is 9.06. The lowest BCUT2D eigenvalue weighted by molar-refractivity contribution is -0.135. The predicted octanol–water partition coefficient (Wildman–Crippen LogP) is 3.67. The van der Waals surface area contributed by atoms with E-state index in [-0.39, 0.29) is 18.6 Å². The fraction of sp³-hybridized carbons (Fsp3) is 0.381. The van der Waals surface area contributed by atoms with Gasteiger partial charge in [-0.05, 0) is 48.2 Å². The van der Waals surface area contributed by atoms with Crippen molar-refractivity contribution in [3.63, 3.8) is 0 Å². The van der Waals surface area contributed by atoms with Crippen molar-refractivity contribution in [1.82, 2.24) is 9.88 Å². The fourth-order valence-electron chi connectivity index (χ4n) is 3.36. The lowest BCUT2D eigenvalue weighted by Crippen LogP contribution is -2.38. The number of likely N-dealkylation sites (tertiary alicyclic amines) is 1. The molecule has 1 saturated heterocycles. The van der Waals surface area contributed by atoms with Gasteiger partial charge >= 0.3 is 0 Å². The highest BCUT2D eigenvalue weighted by Crippen LogP contribution is 2.30. The van der Waals surface area contributed by atoms with Crippen molar-refractivity contribution < 1.29 is 9.53 Å². The van der Waals surface area contributed by atoms with Crippen LogP contribution < -0.4 is 4.74 Å². The number of rotatable bonds is 5. The van der Waals surface area contributed by atoms with E-state index in [0.29, 0.717) is 12.2 Å². The molecule has 1 aromatic heterocycles. The van der Waals surface area contributed by atoms with Crippen molar-refractivity contribution in [2.75, 3.05) is 13.2 Å². The Balaban J connectivity index is 1.65. The topological polar surface area (TPSA) is 66.2 Å². The van der Waals surface area contributed by atoms with Crippen LogP contribution in [0.4, 0.5) is 0 Å². The Hall–Kier alpha value is -2.87. The summed E-state index contributed by atoms with van der Waals surface area (Å²) in [6, 6.07) is 13.5. The molecule has 1 fully saturated rings. The molecule has 1 atom stereocenters. The van der Waals surface area contributed by atoms with E-state index in [4.69, 9.17) is 10.00 Å². The molecule has 2 aromatic rings. The number of pyridine rings is 1. The SMILES string of the molecule is N#CCc1ccc(OCC(=O)N2CCCCC[C@H]2c2ccncc2)cc1. The molecule has 3 rings (SSSR count). The van der Waals surface area contributed by atoms with Crippen LogP contribution in [0.2, 0.25) is 0 Å². The molecule has 5 nitrogen and oxygen atoms in total. The van der Waals surface area contributed by atoms with Crippen LogP contribution in [0, 0.1) is 11.3 Å². The molecule has 0 radical (unpaired) electrons. The van der Waals surface area contributed by atoms with Gasteiger partial charge in [0.15, 0.2) is 6.61 Å². The average molecular weight is 349 g/mol. The first-order valence-electron chi connectivity index (χ1n) is 9.06. The number of carbonyl (C=O) groups is 1. The summed E-state index contributed by atoms with van der Waals surface area (Å²) < 4.78 is 5.69. The smallest absolute Gasteiger partial charge is 0.261 e. The number of amides is 1. The molecule has 0 N–H and O–H groups in total. The lowest BCUT2D eigenvalue weighted by atomic mass is 10.0. The number of nitrogens with zero attached hydrogens (tertiary/aromatic N) is 3. The third-order valence-corrected chi connectivity index (χ3v) is 4.73. The molecule has 0 unspecified atom stereocenters. The van der Waals surface area contributed by atoms with Gasteiger partial charge in [-0.15, -0.1) is 0 Å². The Labute approximate surface area is 154 Å². The number of ether oxygens (including phenoxy) is 1. The number of carbonyl (C=O) groups excluding carboxylic acids is 1. The van der Waals surface area contributed by atoms with Crippen molar-refractivity contribution in [3.05, 3.63) is 59.9 Å². The Bertz CT molecular complexity index is 753. The van der Waals surface area contributed by atoms with Gasteiger partial charge in [-0.1, -0.05) is 25.0 Å². The Morgan fingerprint density at radius 1 is 1.15 bits per heavy atom. The van der Waals surface area contributed by atoms with Gasteiger partial charge in [-0.25, -0.2) is 0 Å². The monoisotopic (exact) mass is 349 g/mol. The van der Waals surface area contributed by atoms with Gasteiger partial charge in [0.1, 0.15) is 5.75 Å². The first-order chi connectivity index (χ1) is 12.8. The summed E-state index contributed by atoms with van der Waals surface area (Å²) in [6.45, 7) is 0.787. The molecular formula is C21H23N3O2. The molecule has 0 saturated carbocycles. The van der Waals surface area contributed by atoms with E-state index in [9.17, 15) is 4.79 Å². The van der Waals surface area contributed by atoms with Gasteiger partial charge in [0.2, 0.25) is 0 Å². The molecule has 1 aliphatic rings. The normalized spacial score (nSPS) is 17.2. The second kappa shape index (κ2) is 9.00. The van der Waals surface area contributed by atoms with Crippen molar-refractivity contribution >= 4 is 5.91 Å². The van der Waals surface area contributed by atoms with Crippen LogP contribution in [0.25, 0.3) is 0 Å². The van der Waals surface area contributed by atoms with Crippen molar-refractivity contribution in [1.29, 1.82) is 5.26 Å². The van der Waals surface area contributed by atoms with Crippen molar-refractivity contribution in [2.24, 2.45) is 0 Å². The molecule has 0 aliphatic carbocycles. The Kier molecular flexibility index (Phi) is 6.21. The zero-order chi connectivity index (χ0) is 18.2. The largest absolute Gasteiger partial charge is 0.484 e. The average Bonchev–Trinajstić information content (AvgIpc) is 2.94. The second-order valence-corrected chi connectivity index (χ2v) is 6.50. The maximum Gasteiger partial charge on any atom is 0.261 e. The summed E-state index contributed by atoms with van der Waals surface area (Å²) in [5.41, 5.74) is 2.08. The highest BCUT2D eigenvalue weighted by molar-refractivity contribution is 5.78. The van der Waals surface area contributed by atoms with Crippen LogP contribution >= 0.6 is 0 Å². The van der Waals surface area contributed by atoms with Gasteiger partial charge in [0, 0.05) is 18.9 Å². The third-order valence-electron chi connectivity index (χ3n) is 4.73. The van der Waals surface area contributed by atoms with E-state index in [1.54, 1.807) is 12.4 Å². The van der Waals surface area contributed by atoms with Crippen molar-refractivity contribution in [2.45, 2.75) is 38.1 Å². The van der Waals surface area contributed by atoms with Gasteiger partial charge in [-0.2, -0.15) is 5.26 Å². The minimum atomic E-state index is 0.00909. The molecule has 2 heterocycles. The maximum atomic E-state index is 12.8. The molecule has 5 heteroatoms. The molecule has 1 amide bonds. The first kappa shape index (κ1) is 17.9. The summed E-state index contributed by atoms with van der Waals surface area (Å²) in [7, 11) is 0. The minimum absolute atomic E-state index is 0.00909. The number of nitriles is 1. The zero-order valence-corrected chi connectivity index (χ0v) is 14.8. The predicted molar refractivity (Wildman–Crippen MR) is 98.4 cm³/mol. The molecular weight excluding hydrogens is 326 g/mol. The van der Waals surface area contributed by atoms with Crippen molar-refractivity contribution in [3.8, 4) is 11.8 Å².